The van der Waals surface area contributed by atoms with Crippen molar-refractivity contribution in [2.24, 2.45) is 0 Å². The summed E-state index contributed by atoms with van der Waals surface area (Å²) in [7, 11) is 0. The number of carbonyl (C=O) groups is 2. The highest BCUT2D eigenvalue weighted by molar-refractivity contribution is 5.70. The topological polar surface area (TPSA) is 163 Å². The maximum Gasteiger partial charge on any atom is 0.308 e. The van der Waals surface area contributed by atoms with E-state index in [-0.39, 0.29) is 25.0 Å². The Labute approximate surface area is 343 Å². The van der Waals surface area contributed by atoms with Crippen molar-refractivity contribution in [2.75, 3.05) is 165 Å². The summed E-state index contributed by atoms with van der Waals surface area (Å²) < 4.78 is 76.0. The fraction of sp³-hybridized carbons (Fsp3) is 0.951. The Morgan fingerprint density at radius 3 is 0.877 bits per heavy atom. The predicted octanol–water partition coefficient (Wildman–Crippen LogP) is 4.60. The average molecular weight is 829 g/mol. The van der Waals surface area contributed by atoms with Gasteiger partial charge < -0.3 is 66.3 Å². The summed E-state index contributed by atoms with van der Waals surface area (Å²) in [6.45, 7) is 19.2. The first-order chi connectivity index (χ1) is 27.8. The number of unbranched alkanes of at least 4 members (excludes halogenated alkanes) is 6. The Morgan fingerprint density at radius 1 is 0.316 bits per heavy atom. The van der Waals surface area contributed by atoms with Gasteiger partial charge in [0.1, 0.15) is 12.2 Å². The van der Waals surface area contributed by atoms with Gasteiger partial charge in [-0.05, 0) is 27.2 Å². The van der Waals surface area contributed by atoms with E-state index in [0.717, 1.165) is 12.8 Å². The van der Waals surface area contributed by atoms with Crippen molar-refractivity contribution in [3.63, 3.8) is 0 Å². The first-order valence-corrected chi connectivity index (χ1v) is 21.2. The summed E-state index contributed by atoms with van der Waals surface area (Å²) >= 11 is 0. The molecule has 0 fully saturated rings. The molecule has 0 N–H and O–H groups in total. The van der Waals surface area contributed by atoms with E-state index in [9.17, 15) is 9.59 Å². The zero-order valence-electron chi connectivity index (χ0n) is 36.1. The number of esters is 2. The van der Waals surface area contributed by atoms with Crippen LogP contribution in [0.4, 0.5) is 0 Å². The van der Waals surface area contributed by atoms with Crippen LogP contribution < -0.4 is 0 Å². The highest BCUT2D eigenvalue weighted by atomic mass is 16.6. The zero-order valence-corrected chi connectivity index (χ0v) is 36.1. The van der Waals surface area contributed by atoms with E-state index in [0.29, 0.717) is 165 Å². The number of carbonyl (C=O) groups excluding carboxylic acids is 2. The molecule has 57 heavy (non-hydrogen) atoms. The normalized spacial score (nSPS) is 11.7. The van der Waals surface area contributed by atoms with Gasteiger partial charge in [-0.15, -0.1) is 0 Å². The van der Waals surface area contributed by atoms with Gasteiger partial charge in [-0.25, -0.2) is 0 Å². The predicted molar refractivity (Wildman–Crippen MR) is 214 cm³/mol. The molecule has 0 aromatic rings. The third kappa shape index (κ3) is 50.5. The first kappa shape index (κ1) is 55.5. The molecule has 0 aliphatic carbocycles. The second kappa shape index (κ2) is 45.5. The smallest absolute Gasteiger partial charge is 0.308 e. The summed E-state index contributed by atoms with van der Waals surface area (Å²) in [4.78, 5) is 23.3. The molecule has 0 bridgehead atoms. The molecular formula is C41H80O16. The van der Waals surface area contributed by atoms with E-state index in [1.54, 1.807) is 0 Å². The number of hydrogen-bond acceptors (Lipinski definition) is 16. The Balaban J connectivity index is 3.13. The molecule has 0 radical (unpaired) electrons. The molecule has 0 aliphatic rings. The van der Waals surface area contributed by atoms with Crippen LogP contribution in [0.15, 0.2) is 0 Å². The van der Waals surface area contributed by atoms with E-state index < -0.39 is 5.60 Å². The lowest BCUT2D eigenvalue weighted by molar-refractivity contribution is -0.156. The van der Waals surface area contributed by atoms with Crippen LogP contribution in [-0.4, -0.2) is 183 Å². The Morgan fingerprint density at radius 2 is 0.579 bits per heavy atom. The SMILES string of the molecule is CCCCCCCCCC(=O)OCCOCCOCCOCCOCCOCCOCCOCCOCCOCCOCCOCCOCCC(=O)OC(C)(C)C. The van der Waals surface area contributed by atoms with Gasteiger partial charge in [0.15, 0.2) is 0 Å². The highest BCUT2D eigenvalue weighted by Crippen LogP contribution is 2.09. The van der Waals surface area contributed by atoms with Gasteiger partial charge in [0, 0.05) is 6.42 Å². The average Bonchev–Trinajstić information content (AvgIpc) is 3.17. The molecule has 0 heterocycles. The van der Waals surface area contributed by atoms with Crippen molar-refractivity contribution in [1.82, 2.24) is 0 Å². The van der Waals surface area contributed by atoms with Crippen molar-refractivity contribution < 1.29 is 75.9 Å². The van der Waals surface area contributed by atoms with Crippen LogP contribution in [0.5, 0.6) is 0 Å². The van der Waals surface area contributed by atoms with Crippen molar-refractivity contribution >= 4 is 11.9 Å². The zero-order chi connectivity index (χ0) is 41.6. The van der Waals surface area contributed by atoms with Crippen LogP contribution in [0.3, 0.4) is 0 Å². The van der Waals surface area contributed by atoms with E-state index >= 15 is 0 Å². The summed E-state index contributed by atoms with van der Waals surface area (Å²) in [5.41, 5.74) is -0.478. The summed E-state index contributed by atoms with van der Waals surface area (Å²) in [5.74, 6) is -0.413. The number of rotatable bonds is 47. The maximum atomic E-state index is 11.7. The summed E-state index contributed by atoms with van der Waals surface area (Å²) in [6.07, 6.45) is 8.99. The third-order valence-electron chi connectivity index (χ3n) is 7.44. The monoisotopic (exact) mass is 829 g/mol. The number of ether oxygens (including phenoxy) is 14. The van der Waals surface area contributed by atoms with Crippen molar-refractivity contribution in [3.8, 4) is 0 Å². The molecule has 0 spiro atoms. The van der Waals surface area contributed by atoms with Crippen LogP contribution in [0.25, 0.3) is 0 Å². The molecule has 0 unspecified atom stereocenters. The molecule has 0 rings (SSSR count). The first-order valence-electron chi connectivity index (χ1n) is 21.2. The summed E-state index contributed by atoms with van der Waals surface area (Å²) in [5, 5.41) is 0. The highest BCUT2D eigenvalue weighted by Gasteiger charge is 2.15. The van der Waals surface area contributed by atoms with Crippen LogP contribution in [0, 0.1) is 0 Å². The fourth-order valence-corrected chi connectivity index (χ4v) is 4.58. The molecule has 0 amide bonds. The van der Waals surface area contributed by atoms with Gasteiger partial charge in [-0.3, -0.25) is 9.59 Å². The third-order valence-corrected chi connectivity index (χ3v) is 7.44. The lowest BCUT2D eigenvalue weighted by atomic mass is 10.1. The largest absolute Gasteiger partial charge is 0.463 e. The van der Waals surface area contributed by atoms with Gasteiger partial charge in [0.05, 0.1) is 165 Å². The molecule has 0 aromatic carbocycles. The van der Waals surface area contributed by atoms with Crippen molar-refractivity contribution in [3.05, 3.63) is 0 Å². The molecule has 16 nitrogen and oxygen atoms in total. The molecule has 0 atom stereocenters. The molecule has 16 heteroatoms. The standard InChI is InChI=1S/C41H80O16/c1-5-6-7-8-9-10-11-12-39(42)56-38-37-55-36-35-54-34-33-53-32-31-52-30-29-51-28-27-50-26-25-49-24-23-48-22-21-47-20-19-46-18-17-45-16-15-44-14-13-40(43)57-41(2,3)4/h5-38H2,1-4H3. The molecule has 0 aromatic heterocycles. The number of hydrogen-bond donors (Lipinski definition) is 0. The van der Waals surface area contributed by atoms with Crippen LogP contribution in [0.1, 0.15) is 85.5 Å². The molecule has 0 saturated carbocycles. The van der Waals surface area contributed by atoms with Crippen molar-refractivity contribution in [1.29, 1.82) is 0 Å². The van der Waals surface area contributed by atoms with Crippen LogP contribution in [0.2, 0.25) is 0 Å². The van der Waals surface area contributed by atoms with E-state index in [1.165, 1.54) is 32.1 Å². The van der Waals surface area contributed by atoms with Crippen molar-refractivity contribution in [2.45, 2.75) is 91.1 Å². The molecule has 340 valence electrons. The van der Waals surface area contributed by atoms with Crippen LogP contribution in [-0.2, 0) is 75.9 Å². The van der Waals surface area contributed by atoms with E-state index in [1.807, 2.05) is 20.8 Å². The lowest BCUT2D eigenvalue weighted by Gasteiger charge is -2.19. The maximum absolute atomic E-state index is 11.7. The lowest BCUT2D eigenvalue weighted by Crippen LogP contribution is -2.24. The van der Waals surface area contributed by atoms with Gasteiger partial charge >= 0.3 is 11.9 Å². The molecule has 0 aliphatic heterocycles. The minimum Gasteiger partial charge on any atom is -0.463 e. The van der Waals surface area contributed by atoms with E-state index in [4.69, 9.17) is 66.3 Å². The summed E-state index contributed by atoms with van der Waals surface area (Å²) in [6, 6.07) is 0. The Bertz CT molecular complexity index is 829. The van der Waals surface area contributed by atoms with Gasteiger partial charge in [0.25, 0.3) is 0 Å². The molecule has 0 saturated heterocycles. The second-order valence-corrected chi connectivity index (χ2v) is 13.8. The van der Waals surface area contributed by atoms with E-state index in [2.05, 4.69) is 6.92 Å². The Kier molecular flexibility index (Phi) is 44.3. The minimum atomic E-state index is -0.478. The van der Waals surface area contributed by atoms with Crippen LogP contribution >= 0.6 is 0 Å². The minimum absolute atomic E-state index is 0.145. The Hall–Kier alpha value is -1.54. The second-order valence-electron chi connectivity index (χ2n) is 13.8. The fourth-order valence-electron chi connectivity index (χ4n) is 4.58. The molecular weight excluding hydrogens is 748 g/mol. The quantitative estimate of drug-likeness (QED) is 0.0617. The van der Waals surface area contributed by atoms with Gasteiger partial charge in [-0.1, -0.05) is 45.4 Å². The van der Waals surface area contributed by atoms with Gasteiger partial charge in [0.2, 0.25) is 0 Å². The van der Waals surface area contributed by atoms with Gasteiger partial charge in [-0.2, -0.15) is 0 Å².